The van der Waals surface area contributed by atoms with Gasteiger partial charge in [0.1, 0.15) is 0 Å². The molecule has 0 bridgehead atoms. The van der Waals surface area contributed by atoms with Crippen LogP contribution in [0.1, 0.15) is 12.8 Å². The third-order valence-corrected chi connectivity index (χ3v) is 4.81. The fourth-order valence-corrected chi connectivity index (χ4v) is 4.12. The molecule has 0 aliphatic carbocycles. The second kappa shape index (κ2) is 4.16. The molecule has 3 saturated heterocycles. The molecular weight excluding hydrogens is 218 g/mol. The first-order chi connectivity index (χ1) is 7.65. The van der Waals surface area contributed by atoms with Crippen molar-refractivity contribution in [2.75, 3.05) is 52.9 Å². The highest BCUT2D eigenvalue weighted by molar-refractivity contribution is 7.77. The Morgan fingerprint density at radius 1 is 1.25 bits per heavy atom. The number of hydrogen-bond donors (Lipinski definition) is 1. The van der Waals surface area contributed by atoms with Crippen LogP contribution in [0.25, 0.3) is 0 Å². The Kier molecular flexibility index (Phi) is 2.94. The molecule has 3 aliphatic rings. The lowest BCUT2D eigenvalue weighted by Gasteiger charge is -2.60. The maximum atomic E-state index is 4.41. The molecule has 3 rings (SSSR count). The first-order valence-corrected chi connectivity index (χ1v) is 6.90. The lowest BCUT2D eigenvalue weighted by Crippen LogP contribution is -2.71. The van der Waals surface area contributed by atoms with Gasteiger partial charge in [0.25, 0.3) is 0 Å². The summed E-state index contributed by atoms with van der Waals surface area (Å²) in [6.45, 7) is 9.07. The molecule has 0 aromatic heterocycles. The predicted octanol–water partition coefficient (Wildman–Crippen LogP) is 0.791. The fourth-order valence-electron chi connectivity index (χ4n) is 3.77. The molecular formula is C12H23N3S. The van der Waals surface area contributed by atoms with Crippen LogP contribution in [-0.2, 0) is 0 Å². The van der Waals surface area contributed by atoms with Crippen molar-refractivity contribution in [3.63, 3.8) is 0 Å². The van der Waals surface area contributed by atoms with Gasteiger partial charge in [-0.25, -0.2) is 0 Å². The smallest absolute Gasteiger partial charge is 0.0212 e. The molecule has 0 saturated carbocycles. The predicted molar refractivity (Wildman–Crippen MR) is 69.7 cm³/mol. The summed E-state index contributed by atoms with van der Waals surface area (Å²) in [5.41, 5.74) is 0.708. The molecule has 1 unspecified atom stereocenters. The summed E-state index contributed by atoms with van der Waals surface area (Å²) in [7, 11) is 2.23. The summed E-state index contributed by atoms with van der Waals surface area (Å²) in [5.74, 6) is 0.901. The summed E-state index contributed by atoms with van der Waals surface area (Å²) in [4.78, 5) is 5.08. The number of rotatable bonds is 3. The molecule has 0 N–H and O–H groups in total. The highest BCUT2D eigenvalue weighted by atomic mass is 32.1. The van der Waals surface area contributed by atoms with Gasteiger partial charge in [0.15, 0.2) is 0 Å². The maximum absolute atomic E-state index is 4.41. The van der Waals surface area contributed by atoms with Gasteiger partial charge < -0.3 is 9.80 Å². The van der Waals surface area contributed by atoms with Crippen molar-refractivity contribution < 1.29 is 0 Å². The van der Waals surface area contributed by atoms with E-state index in [2.05, 4.69) is 34.0 Å². The zero-order valence-corrected chi connectivity index (χ0v) is 11.1. The standard InChI is InChI=1S/C12H23N3S/c1-13-7-12(8-13)9-14(10-12)4-2-11-3-5-15(16)6-11/h11,16H,2-10H2,1H3. The third-order valence-electron chi connectivity index (χ3n) is 4.45. The van der Waals surface area contributed by atoms with E-state index in [1.807, 2.05) is 0 Å². The molecule has 0 amide bonds. The molecule has 1 atom stereocenters. The Morgan fingerprint density at radius 2 is 2.00 bits per heavy atom. The minimum atomic E-state index is 0.708. The van der Waals surface area contributed by atoms with Crippen LogP contribution in [0.15, 0.2) is 0 Å². The highest BCUT2D eigenvalue weighted by Crippen LogP contribution is 2.38. The van der Waals surface area contributed by atoms with Crippen LogP contribution in [0.5, 0.6) is 0 Å². The van der Waals surface area contributed by atoms with Crippen LogP contribution in [0.3, 0.4) is 0 Å². The van der Waals surface area contributed by atoms with Gasteiger partial charge in [-0.2, -0.15) is 0 Å². The van der Waals surface area contributed by atoms with Gasteiger partial charge in [-0.1, -0.05) is 12.8 Å². The first-order valence-electron chi connectivity index (χ1n) is 6.50. The lowest BCUT2D eigenvalue weighted by atomic mass is 9.73. The Balaban J connectivity index is 1.33. The van der Waals surface area contributed by atoms with Crippen molar-refractivity contribution in [2.45, 2.75) is 12.8 Å². The van der Waals surface area contributed by atoms with Crippen molar-refractivity contribution in [2.24, 2.45) is 11.3 Å². The normalized spacial score (nSPS) is 35.2. The van der Waals surface area contributed by atoms with Crippen LogP contribution in [0, 0.1) is 11.3 Å². The van der Waals surface area contributed by atoms with Crippen molar-refractivity contribution in [3.8, 4) is 0 Å². The van der Waals surface area contributed by atoms with Crippen LogP contribution >= 0.6 is 12.8 Å². The van der Waals surface area contributed by atoms with Crippen molar-refractivity contribution >= 4 is 12.8 Å². The molecule has 1 spiro atoms. The largest absolute Gasteiger partial charge is 0.305 e. The zero-order chi connectivity index (χ0) is 11.2. The lowest BCUT2D eigenvalue weighted by molar-refractivity contribution is -0.105. The van der Waals surface area contributed by atoms with E-state index in [0.29, 0.717) is 5.41 Å². The number of nitrogens with zero attached hydrogens (tertiary/aromatic N) is 3. The van der Waals surface area contributed by atoms with Gasteiger partial charge >= 0.3 is 0 Å². The van der Waals surface area contributed by atoms with Crippen LogP contribution < -0.4 is 0 Å². The second-order valence-corrected chi connectivity index (χ2v) is 6.80. The van der Waals surface area contributed by atoms with E-state index in [-0.39, 0.29) is 0 Å². The van der Waals surface area contributed by atoms with Gasteiger partial charge in [-0.15, -0.1) is 0 Å². The summed E-state index contributed by atoms with van der Waals surface area (Å²) in [6, 6.07) is 0. The first kappa shape index (κ1) is 11.3. The monoisotopic (exact) mass is 241 g/mol. The minimum absolute atomic E-state index is 0.708. The van der Waals surface area contributed by atoms with Gasteiger partial charge in [0.05, 0.1) is 0 Å². The average molecular weight is 241 g/mol. The molecule has 16 heavy (non-hydrogen) atoms. The molecule has 3 nitrogen and oxygen atoms in total. The maximum Gasteiger partial charge on any atom is 0.0212 e. The molecule has 92 valence electrons. The zero-order valence-electron chi connectivity index (χ0n) is 10.2. The van der Waals surface area contributed by atoms with Crippen LogP contribution in [0.4, 0.5) is 0 Å². The highest BCUT2D eigenvalue weighted by Gasteiger charge is 2.49. The Bertz CT molecular complexity index is 257. The van der Waals surface area contributed by atoms with E-state index < -0.39 is 0 Å². The van der Waals surface area contributed by atoms with E-state index >= 15 is 0 Å². The minimum Gasteiger partial charge on any atom is -0.305 e. The SMILES string of the molecule is CN1CC2(C1)CN(CCC1CCN(S)C1)C2. The molecule has 4 heteroatoms. The summed E-state index contributed by atoms with van der Waals surface area (Å²) < 4.78 is 2.17. The average Bonchev–Trinajstić information content (AvgIpc) is 2.53. The summed E-state index contributed by atoms with van der Waals surface area (Å²) >= 11 is 4.41. The van der Waals surface area contributed by atoms with Crippen molar-refractivity contribution in [3.05, 3.63) is 0 Å². The van der Waals surface area contributed by atoms with Gasteiger partial charge in [0.2, 0.25) is 0 Å². The van der Waals surface area contributed by atoms with Gasteiger partial charge in [-0.3, -0.25) is 4.31 Å². The fraction of sp³-hybridized carbons (Fsp3) is 1.00. The van der Waals surface area contributed by atoms with Crippen molar-refractivity contribution in [1.82, 2.24) is 14.1 Å². The summed E-state index contributed by atoms with van der Waals surface area (Å²) in [6.07, 6.45) is 2.73. The quantitative estimate of drug-likeness (QED) is 0.733. The molecule has 3 aliphatic heterocycles. The number of likely N-dealkylation sites (tertiary alicyclic amines) is 2. The number of hydrogen-bond acceptors (Lipinski definition) is 4. The molecule has 0 radical (unpaired) electrons. The Labute approximate surface area is 104 Å². The Hall–Kier alpha value is 0.230. The molecule has 0 aromatic carbocycles. The molecule has 0 aromatic rings. The van der Waals surface area contributed by atoms with Crippen molar-refractivity contribution in [1.29, 1.82) is 0 Å². The molecule has 3 heterocycles. The van der Waals surface area contributed by atoms with E-state index in [4.69, 9.17) is 0 Å². The van der Waals surface area contributed by atoms with Crippen LogP contribution in [-0.4, -0.2) is 67.0 Å². The number of thiol groups is 1. The van der Waals surface area contributed by atoms with Crippen LogP contribution in [0.2, 0.25) is 0 Å². The third kappa shape index (κ3) is 2.13. The van der Waals surface area contributed by atoms with E-state index in [0.717, 1.165) is 5.92 Å². The van der Waals surface area contributed by atoms with Gasteiger partial charge in [0, 0.05) is 44.7 Å². The second-order valence-electron chi connectivity index (χ2n) is 6.24. The van der Waals surface area contributed by atoms with E-state index in [9.17, 15) is 0 Å². The van der Waals surface area contributed by atoms with Gasteiger partial charge in [-0.05, 0) is 32.4 Å². The Morgan fingerprint density at radius 3 is 2.56 bits per heavy atom. The molecule has 3 fully saturated rings. The topological polar surface area (TPSA) is 9.72 Å². The summed E-state index contributed by atoms with van der Waals surface area (Å²) in [5, 5.41) is 0. The van der Waals surface area contributed by atoms with E-state index in [1.165, 1.54) is 58.7 Å². The van der Waals surface area contributed by atoms with E-state index in [1.54, 1.807) is 0 Å².